The van der Waals surface area contributed by atoms with Gasteiger partial charge in [0, 0.05) is 41.1 Å². The van der Waals surface area contributed by atoms with Gasteiger partial charge in [-0.2, -0.15) is 0 Å². The second kappa shape index (κ2) is 20.7. The third-order valence-electron chi connectivity index (χ3n) is 11.3. The first-order valence-corrected chi connectivity index (χ1v) is 21.5. The van der Waals surface area contributed by atoms with Crippen LogP contribution in [0.4, 0.5) is 11.4 Å². The van der Waals surface area contributed by atoms with Crippen LogP contribution in [-0.2, 0) is 16.6 Å². The molecule has 4 heteroatoms. The Morgan fingerprint density at radius 1 is 0.705 bits per heavy atom. The van der Waals surface area contributed by atoms with Gasteiger partial charge in [0.15, 0.2) is 0 Å². The normalized spacial score (nSPS) is 14.9. The Labute approximate surface area is 365 Å². The quantitative estimate of drug-likeness (QED) is 0.117. The van der Waals surface area contributed by atoms with E-state index >= 15 is 0 Å². The molecule has 4 nitrogen and oxygen atoms in total. The van der Waals surface area contributed by atoms with E-state index in [9.17, 15) is 0 Å². The van der Waals surface area contributed by atoms with Crippen molar-refractivity contribution in [1.29, 1.82) is 0 Å². The molecule has 0 saturated carbocycles. The lowest BCUT2D eigenvalue weighted by Crippen LogP contribution is -2.14. The molecule has 0 fully saturated rings. The number of benzene rings is 6. The van der Waals surface area contributed by atoms with Gasteiger partial charge in [-0.05, 0) is 95.1 Å². The van der Waals surface area contributed by atoms with E-state index in [0.717, 1.165) is 39.3 Å². The Balaban J connectivity index is 0.000000630. The number of methoxy groups -OCH3 is 1. The van der Waals surface area contributed by atoms with E-state index in [1.165, 1.54) is 51.8 Å². The van der Waals surface area contributed by atoms with Gasteiger partial charge in [0.2, 0.25) is 0 Å². The summed E-state index contributed by atoms with van der Waals surface area (Å²) in [5, 5.41) is 0. The first kappa shape index (κ1) is 44.1. The number of amidine groups is 1. The number of allylic oxidation sites excluding steroid dienone is 5. The summed E-state index contributed by atoms with van der Waals surface area (Å²) in [6, 6.07) is 51.4. The van der Waals surface area contributed by atoms with Gasteiger partial charge in [-0.1, -0.05) is 187 Å². The fourth-order valence-electron chi connectivity index (χ4n) is 7.41. The Bertz CT molecular complexity index is 2520. The number of para-hydroxylation sites is 1. The maximum absolute atomic E-state index is 6.59. The van der Waals surface area contributed by atoms with E-state index in [1.807, 2.05) is 62.4 Å². The topological polar surface area (TPSA) is 50.8 Å². The molecule has 8 rings (SSSR count). The third-order valence-corrected chi connectivity index (χ3v) is 11.3. The molecule has 0 unspecified atom stereocenters. The van der Waals surface area contributed by atoms with Gasteiger partial charge in [-0.3, -0.25) is 0 Å². The first-order valence-electron chi connectivity index (χ1n) is 21.5. The molecule has 0 bridgehead atoms. The number of aliphatic imine (C=N–C) groups is 1. The molecule has 1 aliphatic heterocycles. The zero-order chi connectivity index (χ0) is 43.4. The van der Waals surface area contributed by atoms with Crippen molar-refractivity contribution in [1.82, 2.24) is 0 Å². The summed E-state index contributed by atoms with van der Waals surface area (Å²) >= 11 is 0. The van der Waals surface area contributed by atoms with Crippen molar-refractivity contribution in [3.63, 3.8) is 0 Å². The molecule has 1 aliphatic carbocycles. The Morgan fingerprint density at radius 2 is 1.31 bits per heavy atom. The third kappa shape index (κ3) is 10.6. The maximum Gasteiger partial charge on any atom is 0.131 e. The molecule has 6 aromatic rings. The lowest BCUT2D eigenvalue weighted by atomic mass is 9.81. The van der Waals surface area contributed by atoms with Crippen molar-refractivity contribution in [3.8, 4) is 22.3 Å². The largest absolute Gasteiger partial charge is 0.383 e. The van der Waals surface area contributed by atoms with Gasteiger partial charge >= 0.3 is 0 Å². The van der Waals surface area contributed by atoms with Gasteiger partial charge in [0.1, 0.15) is 5.84 Å². The number of nitrogens with two attached hydrogens (primary N) is 1. The monoisotopic (exact) mass is 803 g/mol. The van der Waals surface area contributed by atoms with Crippen LogP contribution < -0.4 is 10.6 Å². The summed E-state index contributed by atoms with van der Waals surface area (Å²) in [5.41, 5.74) is 22.6. The van der Waals surface area contributed by atoms with E-state index in [4.69, 9.17) is 15.5 Å². The highest BCUT2D eigenvalue weighted by Gasteiger charge is 2.35. The van der Waals surface area contributed by atoms with Crippen LogP contribution in [0.25, 0.3) is 33.5 Å². The van der Waals surface area contributed by atoms with Crippen molar-refractivity contribution in [3.05, 3.63) is 216 Å². The Hall–Kier alpha value is -6.49. The zero-order valence-corrected chi connectivity index (χ0v) is 37.0. The highest BCUT2D eigenvalue weighted by molar-refractivity contribution is 6.00. The molecule has 2 N–H and O–H groups in total. The number of rotatable bonds is 9. The van der Waals surface area contributed by atoms with Crippen LogP contribution in [0, 0.1) is 0 Å². The van der Waals surface area contributed by atoms with Crippen LogP contribution >= 0.6 is 0 Å². The Morgan fingerprint density at radius 3 is 1.98 bits per heavy atom. The summed E-state index contributed by atoms with van der Waals surface area (Å²) in [7, 11) is 1.70. The molecule has 310 valence electrons. The molecule has 0 aromatic heterocycles. The fraction of sp³-hybridized carbons (Fsp3) is 0.211. The average molecular weight is 804 g/mol. The average Bonchev–Trinajstić information content (AvgIpc) is 3.53. The van der Waals surface area contributed by atoms with Crippen LogP contribution in [0.3, 0.4) is 0 Å². The van der Waals surface area contributed by atoms with Crippen molar-refractivity contribution < 1.29 is 4.74 Å². The van der Waals surface area contributed by atoms with Gasteiger partial charge in [-0.15, -0.1) is 0 Å². The lowest BCUT2D eigenvalue weighted by molar-refractivity contribution is 0.134. The molecular weight excluding hydrogens is 743 g/mol. The molecule has 1 heterocycles. The number of anilines is 2. The van der Waals surface area contributed by atoms with Crippen molar-refractivity contribution >= 4 is 28.5 Å². The van der Waals surface area contributed by atoms with Crippen LogP contribution in [-0.4, -0.2) is 19.0 Å². The summed E-state index contributed by atoms with van der Waals surface area (Å²) in [6.07, 6.45) is 14.1. The molecule has 0 atom stereocenters. The first-order chi connectivity index (χ1) is 29.5. The number of hydrogen-bond donors (Lipinski definition) is 1. The van der Waals surface area contributed by atoms with Crippen LogP contribution in [0.5, 0.6) is 0 Å². The Kier molecular flexibility index (Phi) is 14.9. The number of hydrogen-bond acceptors (Lipinski definition) is 3. The molecule has 0 saturated heterocycles. The summed E-state index contributed by atoms with van der Waals surface area (Å²) in [4.78, 5) is 7.18. The van der Waals surface area contributed by atoms with Gasteiger partial charge < -0.3 is 15.4 Å². The van der Waals surface area contributed by atoms with Crippen molar-refractivity contribution in [2.75, 3.05) is 12.0 Å². The summed E-state index contributed by atoms with van der Waals surface area (Å²) < 4.78 is 4.75. The zero-order valence-electron chi connectivity index (χ0n) is 37.0. The highest BCUT2D eigenvalue weighted by atomic mass is 16.5. The van der Waals surface area contributed by atoms with E-state index in [2.05, 4.69) is 167 Å². The minimum Gasteiger partial charge on any atom is -0.383 e. The molecule has 0 amide bonds. The van der Waals surface area contributed by atoms with E-state index in [1.54, 1.807) is 7.11 Å². The van der Waals surface area contributed by atoms with E-state index < -0.39 is 0 Å². The maximum atomic E-state index is 6.59. The van der Waals surface area contributed by atoms with Crippen LogP contribution in [0.2, 0.25) is 0 Å². The molecule has 0 spiro atoms. The molecule has 2 aliphatic rings. The van der Waals surface area contributed by atoms with Crippen LogP contribution in [0.15, 0.2) is 188 Å². The lowest BCUT2D eigenvalue weighted by Gasteiger charge is -2.25. The van der Waals surface area contributed by atoms with Crippen LogP contribution in [0.1, 0.15) is 87.8 Å². The van der Waals surface area contributed by atoms with E-state index in [0.29, 0.717) is 18.4 Å². The molecule has 61 heavy (non-hydrogen) atoms. The van der Waals surface area contributed by atoms with Gasteiger partial charge in [0.25, 0.3) is 0 Å². The molecule has 6 aromatic carbocycles. The van der Waals surface area contributed by atoms with Gasteiger partial charge in [0.05, 0.1) is 17.5 Å². The number of fused-ring (bicyclic) bond motifs is 4. The predicted octanol–water partition coefficient (Wildman–Crippen LogP) is 14.7. The SMILES string of the molecule is C=C1/C=C\C=C/N(c2ccc(/C(=C/Cc3ccc(-c4ccc5c(c4)C(C)(C)c4ccccc4-5)cc3)N=C(N)c3ccccc3)cc2)c2ccccc21.CCCC.COC(C)C. The number of nitrogens with zero attached hydrogens (tertiary/aromatic N) is 2. The smallest absolute Gasteiger partial charge is 0.131 e. The van der Waals surface area contributed by atoms with Crippen molar-refractivity contribution in [2.45, 2.75) is 72.3 Å². The fourth-order valence-corrected chi connectivity index (χ4v) is 7.41. The summed E-state index contributed by atoms with van der Waals surface area (Å²) in [6.45, 7) is 17.3. The van der Waals surface area contributed by atoms with E-state index in [-0.39, 0.29) is 5.41 Å². The highest BCUT2D eigenvalue weighted by Crippen LogP contribution is 2.49. The molecule has 0 radical (unpaired) electrons. The second-order valence-electron chi connectivity index (χ2n) is 16.2. The summed E-state index contributed by atoms with van der Waals surface area (Å²) in [5.74, 6) is 0.485. The minimum absolute atomic E-state index is 0.0243. The molecular formula is C57H61N3O. The minimum atomic E-state index is -0.0243. The standard InChI is InChI=1S/C49H41N3.C4H10O.C4H10/c1-34-13-11-12-32-52(47-19-10-8-16-41(34)47)40-28-25-37(26-29-40)46(51-48(50)38-14-5-4-6-15-38)31-22-35-20-23-36(24-21-35)39-27-30-43-42-17-7-9-18-44(42)49(2,3)45(43)33-39;1-4(2)5-3;1-3-4-2/h4-21,23-33H,1,22H2,2-3H3,(H2,50,51);4H,1-3H3;3-4H2,1-2H3/b13-11-,32-12-,46-31-;;. The number of ether oxygens (including phenoxy) is 1. The van der Waals surface area contributed by atoms with Crippen molar-refractivity contribution in [2.24, 2.45) is 10.7 Å². The predicted molar refractivity (Wildman–Crippen MR) is 263 cm³/mol. The second-order valence-corrected chi connectivity index (χ2v) is 16.2. The van der Waals surface area contributed by atoms with Gasteiger partial charge in [-0.25, -0.2) is 4.99 Å². The number of unbranched alkanes of at least 4 members (excludes halogenated alkanes) is 1.